The number of carbonyl (C=O) groups excluding carboxylic acids is 1. The van der Waals surface area contributed by atoms with E-state index < -0.39 is 18.3 Å². The van der Waals surface area contributed by atoms with Gasteiger partial charge in [-0.25, -0.2) is 9.97 Å². The van der Waals surface area contributed by atoms with Crippen LogP contribution in [0.25, 0.3) is 11.3 Å². The minimum atomic E-state index is -4.42. The van der Waals surface area contributed by atoms with Crippen molar-refractivity contribution in [3.8, 4) is 17.1 Å². The van der Waals surface area contributed by atoms with Crippen LogP contribution in [0.1, 0.15) is 61.8 Å². The fraction of sp³-hybridized carbons (Fsp3) is 0.462. The molecule has 0 radical (unpaired) electrons. The Morgan fingerprint density at radius 3 is 2.46 bits per heavy atom. The van der Waals surface area contributed by atoms with Crippen molar-refractivity contribution in [2.24, 2.45) is 0 Å². The lowest BCUT2D eigenvalue weighted by molar-refractivity contribution is -0.142. The first-order chi connectivity index (χ1) is 17.1. The average molecular weight is 517 g/mol. The third-order valence-electron chi connectivity index (χ3n) is 6.21. The zero-order chi connectivity index (χ0) is 27.3. The number of pyridine rings is 2. The third-order valence-corrected chi connectivity index (χ3v) is 6.21. The van der Waals surface area contributed by atoms with Crippen molar-refractivity contribution in [2.75, 3.05) is 12.0 Å². The van der Waals surface area contributed by atoms with E-state index in [4.69, 9.17) is 9.72 Å². The second-order valence-electron chi connectivity index (χ2n) is 10.8. The molecule has 0 saturated carbocycles. The number of nitrogens with one attached hydrogen (secondary N) is 1. The van der Waals surface area contributed by atoms with Crippen LogP contribution in [0.4, 0.5) is 18.9 Å². The molecule has 0 fully saturated rings. The highest BCUT2D eigenvalue weighted by molar-refractivity contribution is 6.12. The van der Waals surface area contributed by atoms with E-state index in [-0.39, 0.29) is 17.1 Å². The second kappa shape index (κ2) is 9.13. The zero-order valence-corrected chi connectivity index (χ0v) is 22.0. The van der Waals surface area contributed by atoms with Crippen LogP contribution in [0.3, 0.4) is 0 Å². The molecule has 1 N–H and O–H groups in total. The maximum Gasteiger partial charge on any atom is 0.408 e. The van der Waals surface area contributed by atoms with Crippen molar-refractivity contribution < 1.29 is 22.7 Å². The molecule has 4 rings (SSSR count). The summed E-state index contributed by atoms with van der Waals surface area (Å²) in [6.07, 6.45) is -0.236. The number of amides is 1. The normalized spacial score (nSPS) is 15.3. The van der Waals surface area contributed by atoms with Crippen LogP contribution in [0.2, 0.25) is 0 Å². The predicted molar refractivity (Wildman–Crippen MR) is 133 cm³/mol. The second-order valence-corrected chi connectivity index (χ2v) is 10.8. The maximum absolute atomic E-state index is 13.5. The van der Waals surface area contributed by atoms with E-state index in [0.717, 1.165) is 15.8 Å². The number of aryl methyl sites for hydroxylation is 1. The molecule has 0 aromatic carbocycles. The summed E-state index contributed by atoms with van der Waals surface area (Å²) in [5, 5.41) is 7.25. The van der Waals surface area contributed by atoms with Gasteiger partial charge in [-0.15, -0.1) is 0 Å². The molecule has 1 aliphatic rings. The number of anilines is 1. The van der Waals surface area contributed by atoms with E-state index in [9.17, 15) is 18.0 Å². The molecule has 0 bridgehead atoms. The molecule has 0 aliphatic carbocycles. The lowest BCUT2D eigenvalue weighted by Gasteiger charge is -2.30. The highest BCUT2D eigenvalue weighted by Crippen LogP contribution is 2.43. The summed E-state index contributed by atoms with van der Waals surface area (Å²) in [4.78, 5) is 24.3. The van der Waals surface area contributed by atoms with Crippen LogP contribution in [0, 0.1) is 6.92 Å². The van der Waals surface area contributed by atoms with Crippen LogP contribution < -0.4 is 15.0 Å². The molecule has 11 heteroatoms. The van der Waals surface area contributed by atoms with Gasteiger partial charge in [0.1, 0.15) is 6.54 Å². The molecule has 37 heavy (non-hydrogen) atoms. The SMILES string of the molecule is COc1ncc(-c2cc(C)c3c(n2)C(C)(C)N(c2cnn(CC(F)(F)F)c2)C3=O)cc1CNC(C)(C)C. The number of aromatic nitrogens is 4. The molecule has 1 aliphatic heterocycles. The van der Waals surface area contributed by atoms with Crippen LogP contribution in [0.5, 0.6) is 5.88 Å². The van der Waals surface area contributed by atoms with Gasteiger partial charge >= 0.3 is 6.18 Å². The number of nitrogens with zero attached hydrogens (tertiary/aromatic N) is 5. The number of hydrogen-bond donors (Lipinski definition) is 1. The van der Waals surface area contributed by atoms with E-state index in [0.29, 0.717) is 34.9 Å². The molecule has 3 aromatic rings. The fourth-order valence-electron chi connectivity index (χ4n) is 4.49. The van der Waals surface area contributed by atoms with Gasteiger partial charge in [0.05, 0.1) is 41.5 Å². The minimum absolute atomic E-state index is 0.106. The summed E-state index contributed by atoms with van der Waals surface area (Å²) in [7, 11) is 1.57. The number of carbonyl (C=O) groups is 1. The van der Waals surface area contributed by atoms with Gasteiger partial charge in [0, 0.05) is 35.6 Å². The van der Waals surface area contributed by atoms with Gasteiger partial charge in [0.2, 0.25) is 5.88 Å². The molecule has 0 spiro atoms. The van der Waals surface area contributed by atoms with Gasteiger partial charge in [-0.05, 0) is 59.2 Å². The molecule has 3 aromatic heterocycles. The zero-order valence-electron chi connectivity index (χ0n) is 22.0. The van der Waals surface area contributed by atoms with Crippen molar-refractivity contribution in [3.05, 3.63) is 53.1 Å². The standard InChI is InChI=1S/C26H31F3N6O2/c1-15-8-19(16-9-17(11-31-24(2,3)4)22(37-7)30-10-16)33-21-20(15)23(36)35(25(21,5)6)18-12-32-34(13-18)14-26(27,28)29/h8-10,12-13,31H,11,14H2,1-7H3. The summed E-state index contributed by atoms with van der Waals surface area (Å²) in [5.74, 6) is 0.182. The molecule has 4 heterocycles. The van der Waals surface area contributed by atoms with Crippen molar-refractivity contribution in [1.29, 1.82) is 0 Å². The molecule has 0 unspecified atom stereocenters. The number of ether oxygens (including phenoxy) is 1. The van der Waals surface area contributed by atoms with Gasteiger partial charge in [0.25, 0.3) is 5.91 Å². The Kier molecular flexibility index (Phi) is 6.56. The van der Waals surface area contributed by atoms with Gasteiger partial charge in [-0.2, -0.15) is 18.3 Å². The molecule has 8 nitrogen and oxygen atoms in total. The fourth-order valence-corrected chi connectivity index (χ4v) is 4.49. The lowest BCUT2D eigenvalue weighted by atomic mass is 9.96. The van der Waals surface area contributed by atoms with E-state index >= 15 is 0 Å². The Balaban J connectivity index is 1.73. The number of halogens is 3. The molecule has 1 amide bonds. The lowest BCUT2D eigenvalue weighted by Crippen LogP contribution is -2.39. The summed E-state index contributed by atoms with van der Waals surface area (Å²) < 4.78 is 44.8. The predicted octanol–water partition coefficient (Wildman–Crippen LogP) is 5.00. The molecule has 198 valence electrons. The van der Waals surface area contributed by atoms with Gasteiger partial charge < -0.3 is 10.1 Å². The Bertz CT molecular complexity index is 1340. The van der Waals surface area contributed by atoms with Crippen molar-refractivity contribution >= 4 is 11.6 Å². The first-order valence-electron chi connectivity index (χ1n) is 11.8. The molecule has 0 saturated heterocycles. The summed E-state index contributed by atoms with van der Waals surface area (Å²) in [5.41, 5.74) is 3.21. The first kappa shape index (κ1) is 26.6. The molecular weight excluding hydrogens is 485 g/mol. The quantitative estimate of drug-likeness (QED) is 0.496. The highest BCUT2D eigenvalue weighted by Gasteiger charge is 2.47. The Morgan fingerprint density at radius 1 is 1.14 bits per heavy atom. The monoisotopic (exact) mass is 516 g/mol. The first-order valence-corrected chi connectivity index (χ1v) is 11.8. The van der Waals surface area contributed by atoms with Gasteiger partial charge in [-0.1, -0.05) is 0 Å². The van der Waals surface area contributed by atoms with Crippen molar-refractivity contribution in [3.63, 3.8) is 0 Å². The maximum atomic E-state index is 13.5. The van der Waals surface area contributed by atoms with E-state index in [1.807, 2.05) is 32.9 Å². The van der Waals surface area contributed by atoms with E-state index in [2.05, 4.69) is 36.2 Å². The van der Waals surface area contributed by atoms with Crippen LogP contribution in [-0.4, -0.2) is 44.5 Å². The highest BCUT2D eigenvalue weighted by atomic mass is 19.4. The van der Waals surface area contributed by atoms with E-state index in [1.165, 1.54) is 17.3 Å². The Labute approximate surface area is 213 Å². The smallest absolute Gasteiger partial charge is 0.408 e. The average Bonchev–Trinajstić information content (AvgIpc) is 3.29. The molecular formula is C26H31F3N6O2. The summed E-state index contributed by atoms with van der Waals surface area (Å²) in [6.45, 7) is 11.0. The van der Waals surface area contributed by atoms with Crippen LogP contribution in [-0.2, 0) is 18.6 Å². The van der Waals surface area contributed by atoms with Gasteiger partial charge in [-0.3, -0.25) is 14.4 Å². The van der Waals surface area contributed by atoms with E-state index in [1.54, 1.807) is 13.3 Å². The topological polar surface area (TPSA) is 85.2 Å². The van der Waals surface area contributed by atoms with Crippen LogP contribution in [0.15, 0.2) is 30.7 Å². The number of hydrogen-bond acceptors (Lipinski definition) is 6. The third kappa shape index (κ3) is 5.31. The van der Waals surface area contributed by atoms with Gasteiger partial charge in [0.15, 0.2) is 0 Å². The molecule has 0 atom stereocenters. The van der Waals surface area contributed by atoms with Crippen LogP contribution >= 0.6 is 0 Å². The largest absolute Gasteiger partial charge is 0.481 e. The van der Waals surface area contributed by atoms with Crippen molar-refractivity contribution in [1.82, 2.24) is 25.1 Å². The Morgan fingerprint density at radius 2 is 1.84 bits per heavy atom. The number of methoxy groups -OCH3 is 1. The number of fused-ring (bicyclic) bond motifs is 1. The Hall–Kier alpha value is -3.47. The van der Waals surface area contributed by atoms with Crippen molar-refractivity contribution in [2.45, 2.75) is 71.9 Å². The minimum Gasteiger partial charge on any atom is -0.481 e. The number of alkyl halides is 3. The summed E-state index contributed by atoms with van der Waals surface area (Å²) in [6, 6.07) is 3.79. The number of rotatable bonds is 6. The summed E-state index contributed by atoms with van der Waals surface area (Å²) >= 11 is 0.